The summed E-state index contributed by atoms with van der Waals surface area (Å²) in [7, 11) is 0. The topological polar surface area (TPSA) is 147 Å². The van der Waals surface area contributed by atoms with Crippen molar-refractivity contribution in [3.63, 3.8) is 0 Å². The summed E-state index contributed by atoms with van der Waals surface area (Å²) in [6.07, 6.45) is 2.60. The lowest BCUT2D eigenvalue weighted by molar-refractivity contribution is -0.121. The number of amides is 2. The first-order valence-electron chi connectivity index (χ1n) is 10.2. The molecule has 1 aromatic heterocycles. The molecular weight excluding hydrogens is 427 g/mol. The van der Waals surface area contributed by atoms with E-state index in [1.54, 1.807) is 24.3 Å². The third-order valence-corrected chi connectivity index (χ3v) is 5.51. The summed E-state index contributed by atoms with van der Waals surface area (Å²) in [5.41, 5.74) is 6.56. The van der Waals surface area contributed by atoms with Gasteiger partial charge >= 0.3 is 0 Å². The zero-order valence-corrected chi connectivity index (χ0v) is 17.5. The fourth-order valence-corrected chi connectivity index (χ4v) is 3.84. The number of nitrogens with zero attached hydrogens (tertiary/aromatic N) is 3. The number of carbonyl (C=O) groups excluding carboxylic acids is 2. The number of hydrazone groups is 1. The molecule has 4 rings (SSSR count). The third-order valence-electron chi connectivity index (χ3n) is 5.51. The smallest absolute Gasteiger partial charge is 0.258 e. The summed E-state index contributed by atoms with van der Waals surface area (Å²) in [6, 6.07) is 11.3. The number of H-pyrrole nitrogens is 1. The Morgan fingerprint density at radius 2 is 1.91 bits per heavy atom. The Morgan fingerprint density at radius 3 is 2.61 bits per heavy atom. The highest BCUT2D eigenvalue weighted by molar-refractivity contribution is 6.38. The van der Waals surface area contributed by atoms with Crippen LogP contribution >= 0.6 is 0 Å². The molecule has 9 nitrogen and oxygen atoms in total. The fourth-order valence-electron chi connectivity index (χ4n) is 3.84. The van der Waals surface area contributed by atoms with E-state index in [0.29, 0.717) is 35.1 Å². The van der Waals surface area contributed by atoms with Crippen LogP contribution in [0.25, 0.3) is 10.9 Å². The number of carbonyl (C=O) groups is 2. The predicted octanol–water partition coefficient (Wildman–Crippen LogP) is 1.82. The monoisotopic (exact) mass is 448 g/mol. The van der Waals surface area contributed by atoms with Crippen molar-refractivity contribution < 1.29 is 14.0 Å². The molecule has 1 aliphatic rings. The minimum absolute atomic E-state index is 0.101. The second-order valence-corrected chi connectivity index (χ2v) is 7.62. The molecule has 0 spiro atoms. The molecule has 0 aliphatic carbocycles. The lowest BCUT2D eigenvalue weighted by Gasteiger charge is -2.22. The number of hydrogen-bond acceptors (Lipinski definition) is 6. The van der Waals surface area contributed by atoms with Crippen LogP contribution in [0, 0.1) is 5.82 Å². The molecule has 1 aliphatic heterocycles. The number of rotatable bonds is 5. The average molecular weight is 448 g/mol. The minimum atomic E-state index is -0.591. The SMILES string of the molecule is NN=C(C=Nc1ccc(C(=O)N2CCC[C@@H]2C(N)=O)cc1)c1cc2cc(F)ccc2[nH]c1=O. The minimum Gasteiger partial charge on any atom is -0.368 e. The van der Waals surface area contributed by atoms with E-state index in [0.717, 1.165) is 6.42 Å². The van der Waals surface area contributed by atoms with Crippen molar-refractivity contribution in [3.8, 4) is 0 Å². The van der Waals surface area contributed by atoms with Crippen molar-refractivity contribution in [2.24, 2.45) is 21.7 Å². The predicted molar refractivity (Wildman–Crippen MR) is 123 cm³/mol. The zero-order chi connectivity index (χ0) is 23.5. The molecule has 2 aromatic carbocycles. The number of hydrogen-bond donors (Lipinski definition) is 3. The Bertz CT molecular complexity index is 1350. The number of likely N-dealkylation sites (tertiary alicyclic amines) is 1. The Kier molecular flexibility index (Phi) is 5.99. The van der Waals surface area contributed by atoms with E-state index in [9.17, 15) is 18.8 Å². The van der Waals surface area contributed by atoms with Crippen molar-refractivity contribution in [2.45, 2.75) is 18.9 Å². The van der Waals surface area contributed by atoms with Crippen LogP contribution in [0.4, 0.5) is 10.1 Å². The molecule has 0 saturated carbocycles. The average Bonchev–Trinajstić information content (AvgIpc) is 3.30. The van der Waals surface area contributed by atoms with E-state index in [1.807, 2.05) is 0 Å². The number of nitrogens with one attached hydrogen (secondary N) is 1. The van der Waals surface area contributed by atoms with Gasteiger partial charge in [-0.1, -0.05) is 0 Å². The van der Waals surface area contributed by atoms with Gasteiger partial charge in [-0.2, -0.15) is 5.10 Å². The fraction of sp³-hybridized carbons (Fsp3) is 0.174. The van der Waals surface area contributed by atoms with Gasteiger partial charge in [0.05, 0.1) is 17.5 Å². The highest BCUT2D eigenvalue weighted by Gasteiger charge is 2.33. The van der Waals surface area contributed by atoms with Crippen LogP contribution in [0.2, 0.25) is 0 Å². The molecule has 3 aromatic rings. The van der Waals surface area contributed by atoms with Crippen molar-refractivity contribution >= 4 is 40.3 Å². The van der Waals surface area contributed by atoms with Gasteiger partial charge in [0.1, 0.15) is 17.6 Å². The van der Waals surface area contributed by atoms with Crippen molar-refractivity contribution in [1.82, 2.24) is 9.88 Å². The van der Waals surface area contributed by atoms with Crippen LogP contribution in [0.3, 0.4) is 0 Å². The van der Waals surface area contributed by atoms with Crippen molar-refractivity contribution in [2.75, 3.05) is 6.54 Å². The number of benzene rings is 2. The van der Waals surface area contributed by atoms with E-state index in [4.69, 9.17) is 11.6 Å². The highest BCUT2D eigenvalue weighted by Crippen LogP contribution is 2.21. The molecule has 2 amide bonds. The van der Waals surface area contributed by atoms with Gasteiger partial charge in [0, 0.05) is 23.0 Å². The van der Waals surface area contributed by atoms with Gasteiger partial charge in [-0.25, -0.2) is 4.39 Å². The maximum absolute atomic E-state index is 13.5. The van der Waals surface area contributed by atoms with Crippen LogP contribution in [0.1, 0.15) is 28.8 Å². The molecule has 168 valence electrons. The second kappa shape index (κ2) is 9.03. The maximum Gasteiger partial charge on any atom is 0.258 e. The largest absolute Gasteiger partial charge is 0.368 e. The molecule has 33 heavy (non-hydrogen) atoms. The van der Waals surface area contributed by atoms with Gasteiger partial charge in [-0.05, 0) is 61.4 Å². The number of primary amides is 1. The number of nitrogens with two attached hydrogens (primary N) is 2. The number of pyridine rings is 1. The standard InChI is InChI=1S/C23H21FN6O3/c24-15-5-8-18-14(10-15)11-17(22(32)28-18)19(29-26)12-27-16-6-3-13(4-7-16)23(33)30-9-1-2-20(30)21(25)31/h3-8,10-12,20H,1-2,9,26H2,(H2,25,31)(H,28,32)/t20-/m1/s1. The summed E-state index contributed by atoms with van der Waals surface area (Å²) >= 11 is 0. The van der Waals surface area contributed by atoms with Gasteiger partial charge in [0.25, 0.3) is 11.5 Å². The van der Waals surface area contributed by atoms with Crippen LogP contribution in [-0.4, -0.2) is 46.2 Å². The van der Waals surface area contributed by atoms with E-state index >= 15 is 0 Å². The molecule has 10 heteroatoms. The van der Waals surface area contributed by atoms with Crippen molar-refractivity contribution in [3.05, 3.63) is 75.8 Å². The van der Waals surface area contributed by atoms with Crippen LogP contribution in [-0.2, 0) is 4.79 Å². The van der Waals surface area contributed by atoms with Crippen LogP contribution in [0.5, 0.6) is 0 Å². The Hall–Kier alpha value is -4.34. The van der Waals surface area contributed by atoms with Gasteiger partial charge < -0.3 is 21.5 Å². The van der Waals surface area contributed by atoms with Crippen LogP contribution in [0.15, 0.2) is 63.4 Å². The molecule has 0 radical (unpaired) electrons. The molecule has 0 unspecified atom stereocenters. The lowest BCUT2D eigenvalue weighted by atomic mass is 10.1. The van der Waals surface area contributed by atoms with E-state index in [-0.39, 0.29) is 17.2 Å². The molecule has 5 N–H and O–H groups in total. The first kappa shape index (κ1) is 21.9. The number of halogens is 1. The summed E-state index contributed by atoms with van der Waals surface area (Å²) in [4.78, 5) is 45.1. The highest BCUT2D eigenvalue weighted by atomic mass is 19.1. The first-order chi connectivity index (χ1) is 15.9. The summed E-state index contributed by atoms with van der Waals surface area (Å²) in [5, 5.41) is 4.12. The quantitative estimate of drug-likeness (QED) is 0.310. The number of aromatic nitrogens is 1. The number of fused-ring (bicyclic) bond motifs is 1. The van der Waals surface area contributed by atoms with E-state index < -0.39 is 23.3 Å². The van der Waals surface area contributed by atoms with Gasteiger partial charge in [0.15, 0.2) is 0 Å². The summed E-state index contributed by atoms with van der Waals surface area (Å²) < 4.78 is 13.5. The lowest BCUT2D eigenvalue weighted by Crippen LogP contribution is -2.43. The second-order valence-electron chi connectivity index (χ2n) is 7.62. The molecule has 1 saturated heterocycles. The summed E-state index contributed by atoms with van der Waals surface area (Å²) in [6.45, 7) is 0.479. The maximum atomic E-state index is 13.5. The van der Waals surface area contributed by atoms with Crippen molar-refractivity contribution in [1.29, 1.82) is 0 Å². The van der Waals surface area contributed by atoms with Gasteiger partial charge in [-0.3, -0.25) is 19.4 Å². The third kappa shape index (κ3) is 4.49. The molecule has 2 heterocycles. The van der Waals surface area contributed by atoms with Gasteiger partial charge in [0.2, 0.25) is 5.91 Å². The number of aromatic amines is 1. The normalized spacial score (nSPS) is 16.6. The van der Waals surface area contributed by atoms with E-state index in [1.165, 1.54) is 35.4 Å². The van der Waals surface area contributed by atoms with Crippen LogP contribution < -0.4 is 17.1 Å². The Labute approximate surface area is 187 Å². The van der Waals surface area contributed by atoms with Gasteiger partial charge in [-0.15, -0.1) is 0 Å². The first-order valence-corrected chi connectivity index (χ1v) is 10.2. The molecule has 1 atom stereocenters. The Morgan fingerprint density at radius 1 is 1.15 bits per heavy atom. The zero-order valence-electron chi connectivity index (χ0n) is 17.5. The Balaban J connectivity index is 1.54. The number of aliphatic imine (C=N–C) groups is 1. The summed E-state index contributed by atoms with van der Waals surface area (Å²) in [5.74, 6) is 4.24. The molecular formula is C23H21FN6O3. The molecule has 1 fully saturated rings. The van der Waals surface area contributed by atoms with E-state index in [2.05, 4.69) is 15.1 Å². The molecule has 0 bridgehead atoms.